The summed E-state index contributed by atoms with van der Waals surface area (Å²) < 4.78 is 61.2. The molecule has 0 bridgehead atoms. The van der Waals surface area contributed by atoms with Gasteiger partial charge in [-0.2, -0.15) is 18.3 Å². The number of pyridine rings is 1. The molecule has 162 valence electrons. The van der Waals surface area contributed by atoms with E-state index in [1.54, 1.807) is 0 Å². The van der Waals surface area contributed by atoms with Gasteiger partial charge < -0.3 is 4.74 Å². The molecule has 29 heavy (non-hydrogen) atoms. The SMILES string of the molecule is C[Si](C)(C)CCOCn1nc(Br)c2nc(C(F)(F)F)cc(CN3CC[C@H](F)C3)c21. The van der Waals surface area contributed by atoms with Crippen molar-refractivity contribution in [2.45, 2.75) is 57.7 Å². The summed E-state index contributed by atoms with van der Waals surface area (Å²) in [5, 5.41) is 4.29. The van der Waals surface area contributed by atoms with Crippen molar-refractivity contribution in [3.8, 4) is 0 Å². The average molecular weight is 497 g/mol. The third-order valence-electron chi connectivity index (χ3n) is 4.84. The molecule has 0 aromatic carbocycles. The Morgan fingerprint density at radius 2 is 2.03 bits per heavy atom. The lowest BCUT2D eigenvalue weighted by Gasteiger charge is -2.18. The maximum absolute atomic E-state index is 13.6. The number of nitrogens with zero attached hydrogens (tertiary/aromatic N) is 4. The highest BCUT2D eigenvalue weighted by Crippen LogP contribution is 2.34. The Balaban J connectivity index is 1.93. The minimum Gasteiger partial charge on any atom is -0.360 e. The van der Waals surface area contributed by atoms with E-state index >= 15 is 0 Å². The zero-order valence-corrected chi connectivity index (χ0v) is 19.3. The Hall–Kier alpha value is -1.04. The zero-order valence-electron chi connectivity index (χ0n) is 16.7. The van der Waals surface area contributed by atoms with Gasteiger partial charge in [-0.3, -0.25) is 4.90 Å². The summed E-state index contributed by atoms with van der Waals surface area (Å²) in [5.41, 5.74) is 0.0686. The molecule has 0 aliphatic carbocycles. The van der Waals surface area contributed by atoms with Gasteiger partial charge in [-0.25, -0.2) is 14.1 Å². The molecule has 1 fully saturated rings. The fraction of sp³-hybridized carbons (Fsp3) is 0.667. The maximum Gasteiger partial charge on any atom is 0.433 e. The van der Waals surface area contributed by atoms with Crippen LogP contribution in [0.4, 0.5) is 17.6 Å². The highest BCUT2D eigenvalue weighted by atomic mass is 79.9. The number of rotatable bonds is 7. The number of halogens is 5. The van der Waals surface area contributed by atoms with Crippen LogP contribution in [0.15, 0.2) is 10.7 Å². The molecule has 2 aromatic heterocycles. The summed E-state index contributed by atoms with van der Waals surface area (Å²) in [5.74, 6) is 0. The van der Waals surface area contributed by atoms with Crippen molar-refractivity contribution in [3.63, 3.8) is 0 Å². The fourth-order valence-electron chi connectivity index (χ4n) is 3.28. The largest absolute Gasteiger partial charge is 0.433 e. The second kappa shape index (κ2) is 8.60. The molecule has 3 heterocycles. The summed E-state index contributed by atoms with van der Waals surface area (Å²) >= 11 is 3.23. The van der Waals surface area contributed by atoms with E-state index < -0.39 is 26.1 Å². The molecule has 0 radical (unpaired) electrons. The normalized spacial score (nSPS) is 18.8. The second-order valence-corrected chi connectivity index (χ2v) is 15.0. The molecule has 0 N–H and O–H groups in total. The lowest BCUT2D eigenvalue weighted by molar-refractivity contribution is -0.141. The van der Waals surface area contributed by atoms with Gasteiger partial charge in [-0.1, -0.05) is 19.6 Å². The van der Waals surface area contributed by atoms with E-state index in [0.717, 1.165) is 12.1 Å². The minimum atomic E-state index is -4.58. The monoisotopic (exact) mass is 496 g/mol. The Bertz CT molecular complexity index is 868. The van der Waals surface area contributed by atoms with Crippen molar-refractivity contribution >= 4 is 35.0 Å². The molecule has 1 saturated heterocycles. The number of hydrogen-bond acceptors (Lipinski definition) is 4. The molecule has 11 heteroatoms. The van der Waals surface area contributed by atoms with E-state index in [-0.39, 0.29) is 29.9 Å². The molecule has 3 rings (SSSR count). The zero-order chi connectivity index (χ0) is 21.4. The number of aromatic nitrogens is 3. The molecule has 0 unspecified atom stereocenters. The van der Waals surface area contributed by atoms with Crippen LogP contribution in [0.1, 0.15) is 17.7 Å². The lowest BCUT2D eigenvalue weighted by atomic mass is 10.1. The number of ether oxygens (including phenoxy) is 1. The third kappa shape index (κ3) is 5.77. The van der Waals surface area contributed by atoms with E-state index in [9.17, 15) is 17.6 Å². The fourth-order valence-corrected chi connectivity index (χ4v) is 4.51. The van der Waals surface area contributed by atoms with E-state index in [1.165, 1.54) is 4.68 Å². The van der Waals surface area contributed by atoms with Crippen molar-refractivity contribution in [2.24, 2.45) is 0 Å². The minimum absolute atomic E-state index is 0.123. The van der Waals surface area contributed by atoms with Gasteiger partial charge in [-0.15, -0.1) is 0 Å². The van der Waals surface area contributed by atoms with E-state index in [4.69, 9.17) is 4.74 Å². The van der Waals surface area contributed by atoms with Crippen LogP contribution in [-0.4, -0.2) is 53.6 Å². The molecule has 1 atom stereocenters. The smallest absolute Gasteiger partial charge is 0.360 e. The number of likely N-dealkylation sites (tertiary alicyclic amines) is 1. The summed E-state index contributed by atoms with van der Waals surface area (Å²) in [6.07, 6.45) is -5.13. The Labute approximate surface area is 176 Å². The average Bonchev–Trinajstić information content (AvgIpc) is 3.13. The molecular weight excluding hydrogens is 472 g/mol. The summed E-state index contributed by atoms with van der Waals surface area (Å²) in [6.45, 7) is 8.34. The number of hydrogen-bond donors (Lipinski definition) is 0. The van der Waals surface area contributed by atoms with Crippen LogP contribution < -0.4 is 0 Å². The predicted molar refractivity (Wildman–Crippen MR) is 109 cm³/mol. The first kappa shape index (κ1) is 22.6. The summed E-state index contributed by atoms with van der Waals surface area (Å²) in [6, 6.07) is 2.02. The van der Waals surface area contributed by atoms with Crippen molar-refractivity contribution in [3.05, 3.63) is 21.9 Å². The van der Waals surface area contributed by atoms with Gasteiger partial charge in [0, 0.05) is 34.3 Å². The van der Waals surface area contributed by atoms with Gasteiger partial charge in [-0.05, 0) is 40.0 Å². The van der Waals surface area contributed by atoms with Crippen LogP contribution in [0.3, 0.4) is 0 Å². The van der Waals surface area contributed by atoms with Crippen LogP contribution >= 0.6 is 15.9 Å². The van der Waals surface area contributed by atoms with Crippen LogP contribution in [0.5, 0.6) is 0 Å². The second-order valence-electron chi connectivity index (χ2n) is 8.62. The molecule has 5 nitrogen and oxygen atoms in total. The highest BCUT2D eigenvalue weighted by molar-refractivity contribution is 9.10. The molecule has 0 amide bonds. The van der Waals surface area contributed by atoms with E-state index in [0.29, 0.717) is 30.7 Å². The van der Waals surface area contributed by atoms with Gasteiger partial charge in [0.2, 0.25) is 0 Å². The summed E-state index contributed by atoms with van der Waals surface area (Å²) in [7, 11) is -1.26. The van der Waals surface area contributed by atoms with Crippen LogP contribution in [0.2, 0.25) is 25.7 Å². The number of fused-ring (bicyclic) bond motifs is 1. The molecule has 0 saturated carbocycles. The van der Waals surface area contributed by atoms with Crippen molar-refractivity contribution in [2.75, 3.05) is 19.7 Å². The van der Waals surface area contributed by atoms with Gasteiger partial charge in [0.25, 0.3) is 0 Å². The van der Waals surface area contributed by atoms with Gasteiger partial charge in [0.1, 0.15) is 24.1 Å². The standard InChI is InChI=1S/C18H25BrF4N4OSi/c1-29(2,3)7-6-28-11-27-16-12(9-26-5-4-13(20)10-26)8-14(18(21,22)23)24-15(16)17(19)25-27/h8,13H,4-7,9-11H2,1-3H3/t13-/m0/s1. The maximum atomic E-state index is 13.6. The van der Waals surface area contributed by atoms with Gasteiger partial charge >= 0.3 is 6.18 Å². The van der Waals surface area contributed by atoms with Crippen molar-refractivity contribution in [1.82, 2.24) is 19.7 Å². The predicted octanol–water partition coefficient (Wildman–Crippen LogP) is 5.07. The Morgan fingerprint density at radius 1 is 1.31 bits per heavy atom. The molecule has 1 aliphatic rings. The van der Waals surface area contributed by atoms with Crippen LogP contribution in [-0.2, 0) is 24.2 Å². The first-order valence-corrected chi connectivity index (χ1v) is 14.0. The first-order valence-electron chi connectivity index (χ1n) is 9.51. The van der Waals surface area contributed by atoms with Crippen LogP contribution in [0, 0.1) is 0 Å². The lowest BCUT2D eigenvalue weighted by Crippen LogP contribution is -2.23. The van der Waals surface area contributed by atoms with Crippen LogP contribution in [0.25, 0.3) is 11.0 Å². The first-order chi connectivity index (χ1) is 13.4. The number of alkyl halides is 4. The van der Waals surface area contributed by atoms with E-state index in [2.05, 4.69) is 45.7 Å². The molecule has 0 spiro atoms. The van der Waals surface area contributed by atoms with Crippen molar-refractivity contribution < 1.29 is 22.3 Å². The molecule has 2 aromatic rings. The van der Waals surface area contributed by atoms with Crippen molar-refractivity contribution in [1.29, 1.82) is 0 Å². The highest BCUT2D eigenvalue weighted by Gasteiger charge is 2.35. The van der Waals surface area contributed by atoms with Gasteiger partial charge in [0.05, 0.1) is 5.52 Å². The third-order valence-corrected chi connectivity index (χ3v) is 7.08. The topological polar surface area (TPSA) is 43.2 Å². The summed E-state index contributed by atoms with van der Waals surface area (Å²) in [4.78, 5) is 5.60. The quantitative estimate of drug-likeness (QED) is 0.305. The molecular formula is C18H25BrF4N4OSi. The Kier molecular flexibility index (Phi) is 6.71. The molecule has 1 aliphatic heterocycles. The van der Waals surface area contributed by atoms with E-state index in [1.807, 2.05) is 4.90 Å². The Morgan fingerprint density at radius 3 is 2.62 bits per heavy atom. The van der Waals surface area contributed by atoms with Gasteiger partial charge in [0.15, 0.2) is 4.60 Å².